The van der Waals surface area contributed by atoms with E-state index in [0.717, 1.165) is 19.3 Å². The molecule has 2 N–H and O–H groups in total. The van der Waals surface area contributed by atoms with E-state index >= 15 is 0 Å². The summed E-state index contributed by atoms with van der Waals surface area (Å²) in [4.78, 5) is 0. The molecular formula is C14H26F3NO2. The standard InChI is InChI=1S/C14H26F3NO2/c1-11(2)18-13(10-19)6-3-5-12(9-13)20-8-4-7-14(15,16)17/h11-12,18-19H,3-10H2,1-2H3. The van der Waals surface area contributed by atoms with Crippen molar-refractivity contribution in [1.29, 1.82) is 0 Å². The van der Waals surface area contributed by atoms with Crippen LogP contribution in [0.5, 0.6) is 0 Å². The van der Waals surface area contributed by atoms with Gasteiger partial charge in [-0.25, -0.2) is 0 Å². The van der Waals surface area contributed by atoms with Gasteiger partial charge in [0.15, 0.2) is 0 Å². The Bertz CT molecular complexity index is 284. The third kappa shape index (κ3) is 6.41. The second-order valence-electron chi connectivity index (χ2n) is 6.05. The average molecular weight is 297 g/mol. The quantitative estimate of drug-likeness (QED) is 0.710. The van der Waals surface area contributed by atoms with Crippen LogP contribution in [-0.4, -0.2) is 42.2 Å². The summed E-state index contributed by atoms with van der Waals surface area (Å²) in [6.07, 6.45) is -1.64. The molecule has 1 rings (SSSR count). The van der Waals surface area contributed by atoms with Gasteiger partial charge in [0, 0.05) is 24.6 Å². The van der Waals surface area contributed by atoms with Crippen molar-refractivity contribution in [2.75, 3.05) is 13.2 Å². The number of halogens is 3. The number of hydrogen-bond donors (Lipinski definition) is 2. The first-order valence-electron chi connectivity index (χ1n) is 7.33. The Morgan fingerprint density at radius 1 is 1.40 bits per heavy atom. The predicted molar refractivity (Wildman–Crippen MR) is 71.6 cm³/mol. The molecule has 6 heteroatoms. The van der Waals surface area contributed by atoms with Crippen LogP contribution in [0.3, 0.4) is 0 Å². The van der Waals surface area contributed by atoms with Crippen molar-refractivity contribution >= 4 is 0 Å². The Morgan fingerprint density at radius 3 is 2.65 bits per heavy atom. The number of aliphatic hydroxyl groups excluding tert-OH is 1. The second kappa shape index (κ2) is 7.61. The van der Waals surface area contributed by atoms with E-state index in [-0.39, 0.29) is 37.3 Å². The lowest BCUT2D eigenvalue weighted by molar-refractivity contribution is -0.139. The Kier molecular flexibility index (Phi) is 6.75. The molecule has 2 unspecified atom stereocenters. The van der Waals surface area contributed by atoms with Crippen molar-refractivity contribution in [3.8, 4) is 0 Å². The molecule has 3 nitrogen and oxygen atoms in total. The molecule has 0 aromatic heterocycles. The number of alkyl halides is 3. The van der Waals surface area contributed by atoms with Crippen molar-refractivity contribution in [1.82, 2.24) is 5.32 Å². The Hall–Kier alpha value is -0.330. The molecule has 0 aromatic rings. The fraction of sp³-hybridized carbons (Fsp3) is 1.00. The van der Waals surface area contributed by atoms with Crippen LogP contribution in [0, 0.1) is 0 Å². The number of rotatable bonds is 7. The van der Waals surface area contributed by atoms with E-state index in [1.807, 2.05) is 13.8 Å². The lowest BCUT2D eigenvalue weighted by Gasteiger charge is -2.41. The van der Waals surface area contributed by atoms with Crippen molar-refractivity contribution in [2.45, 2.75) is 76.2 Å². The number of aliphatic hydroxyl groups is 1. The minimum atomic E-state index is -4.11. The van der Waals surface area contributed by atoms with Crippen LogP contribution in [0.25, 0.3) is 0 Å². The van der Waals surface area contributed by atoms with Crippen LogP contribution >= 0.6 is 0 Å². The summed E-state index contributed by atoms with van der Waals surface area (Å²) in [7, 11) is 0. The lowest BCUT2D eigenvalue weighted by atomic mass is 9.80. The first-order valence-corrected chi connectivity index (χ1v) is 7.33. The fourth-order valence-corrected chi connectivity index (χ4v) is 2.91. The van der Waals surface area contributed by atoms with Gasteiger partial charge >= 0.3 is 6.18 Å². The largest absolute Gasteiger partial charge is 0.394 e. The Balaban J connectivity index is 2.36. The molecule has 2 atom stereocenters. The zero-order valence-corrected chi connectivity index (χ0v) is 12.3. The summed E-state index contributed by atoms with van der Waals surface area (Å²) in [5.74, 6) is 0. The van der Waals surface area contributed by atoms with Gasteiger partial charge in [-0.15, -0.1) is 0 Å². The third-order valence-corrected chi connectivity index (χ3v) is 3.66. The lowest BCUT2D eigenvalue weighted by Crippen LogP contribution is -2.55. The number of nitrogens with one attached hydrogen (secondary N) is 1. The summed E-state index contributed by atoms with van der Waals surface area (Å²) in [5, 5.41) is 13.0. The van der Waals surface area contributed by atoms with Crippen molar-refractivity contribution in [3.63, 3.8) is 0 Å². The third-order valence-electron chi connectivity index (χ3n) is 3.66. The van der Waals surface area contributed by atoms with Gasteiger partial charge < -0.3 is 15.2 Å². The summed E-state index contributed by atoms with van der Waals surface area (Å²) in [6.45, 7) is 4.21. The van der Waals surface area contributed by atoms with Crippen LogP contribution in [0.4, 0.5) is 13.2 Å². The van der Waals surface area contributed by atoms with Crippen LogP contribution in [0.15, 0.2) is 0 Å². The Morgan fingerprint density at radius 2 is 2.10 bits per heavy atom. The first kappa shape index (κ1) is 17.7. The maximum Gasteiger partial charge on any atom is 0.389 e. The molecule has 1 saturated carbocycles. The molecule has 0 heterocycles. The van der Waals surface area contributed by atoms with E-state index in [1.165, 1.54) is 0 Å². The molecule has 1 aliphatic rings. The molecular weight excluding hydrogens is 271 g/mol. The van der Waals surface area contributed by atoms with Gasteiger partial charge in [-0.2, -0.15) is 13.2 Å². The number of hydrogen-bond acceptors (Lipinski definition) is 3. The maximum atomic E-state index is 12.0. The molecule has 1 aliphatic carbocycles. The van der Waals surface area contributed by atoms with E-state index in [4.69, 9.17) is 4.74 Å². The van der Waals surface area contributed by atoms with Crippen LogP contribution < -0.4 is 5.32 Å². The van der Waals surface area contributed by atoms with Gasteiger partial charge in [-0.3, -0.25) is 0 Å². The van der Waals surface area contributed by atoms with Crippen molar-refractivity contribution in [2.24, 2.45) is 0 Å². The smallest absolute Gasteiger partial charge is 0.389 e. The summed E-state index contributed by atoms with van der Waals surface area (Å²) >= 11 is 0. The average Bonchev–Trinajstić information content (AvgIpc) is 2.33. The fourth-order valence-electron chi connectivity index (χ4n) is 2.91. The van der Waals surface area contributed by atoms with Gasteiger partial charge in [-0.05, 0) is 32.1 Å². The normalized spacial score (nSPS) is 28.1. The highest BCUT2D eigenvalue weighted by Crippen LogP contribution is 2.31. The highest BCUT2D eigenvalue weighted by Gasteiger charge is 2.36. The van der Waals surface area contributed by atoms with E-state index in [1.54, 1.807) is 0 Å². The highest BCUT2D eigenvalue weighted by molar-refractivity contribution is 4.94. The molecule has 0 aromatic carbocycles. The molecule has 20 heavy (non-hydrogen) atoms. The minimum absolute atomic E-state index is 0.00370. The molecule has 1 fully saturated rings. The zero-order chi connectivity index (χ0) is 15.2. The van der Waals surface area contributed by atoms with E-state index in [2.05, 4.69) is 5.32 Å². The van der Waals surface area contributed by atoms with E-state index in [9.17, 15) is 18.3 Å². The van der Waals surface area contributed by atoms with Gasteiger partial charge in [0.2, 0.25) is 0 Å². The minimum Gasteiger partial charge on any atom is -0.394 e. The second-order valence-corrected chi connectivity index (χ2v) is 6.05. The monoisotopic (exact) mass is 297 g/mol. The number of ether oxygens (including phenoxy) is 1. The highest BCUT2D eigenvalue weighted by atomic mass is 19.4. The van der Waals surface area contributed by atoms with E-state index in [0.29, 0.717) is 6.42 Å². The van der Waals surface area contributed by atoms with Crippen molar-refractivity contribution < 1.29 is 23.0 Å². The van der Waals surface area contributed by atoms with Gasteiger partial charge in [0.25, 0.3) is 0 Å². The molecule has 0 bridgehead atoms. The van der Waals surface area contributed by atoms with Crippen LogP contribution in [0.1, 0.15) is 52.4 Å². The first-order chi connectivity index (χ1) is 9.26. The van der Waals surface area contributed by atoms with E-state index < -0.39 is 12.6 Å². The van der Waals surface area contributed by atoms with Crippen LogP contribution in [0.2, 0.25) is 0 Å². The SMILES string of the molecule is CC(C)NC1(CO)CCCC(OCCCC(F)(F)F)C1. The molecule has 0 radical (unpaired) electrons. The molecule has 0 amide bonds. The zero-order valence-electron chi connectivity index (χ0n) is 12.3. The summed E-state index contributed by atoms with van der Waals surface area (Å²) in [6, 6.07) is 0.256. The predicted octanol–water partition coefficient (Wildman–Crippen LogP) is 3.02. The van der Waals surface area contributed by atoms with Gasteiger partial charge in [0.05, 0.1) is 12.7 Å². The van der Waals surface area contributed by atoms with Crippen molar-refractivity contribution in [3.05, 3.63) is 0 Å². The summed E-state index contributed by atoms with van der Waals surface area (Å²) < 4.78 is 41.7. The molecule has 120 valence electrons. The molecule has 0 saturated heterocycles. The van der Waals surface area contributed by atoms with Crippen LogP contribution in [-0.2, 0) is 4.74 Å². The maximum absolute atomic E-state index is 12.0. The van der Waals surface area contributed by atoms with Gasteiger partial charge in [0.1, 0.15) is 0 Å². The Labute approximate surface area is 118 Å². The van der Waals surface area contributed by atoms with Gasteiger partial charge in [-0.1, -0.05) is 13.8 Å². The summed E-state index contributed by atoms with van der Waals surface area (Å²) in [5.41, 5.74) is -0.346. The molecule has 0 aliphatic heterocycles. The topological polar surface area (TPSA) is 41.5 Å². The molecule has 0 spiro atoms.